The van der Waals surface area contributed by atoms with Crippen molar-refractivity contribution in [3.8, 4) is 0 Å². The van der Waals surface area contributed by atoms with Gasteiger partial charge in [-0.05, 0) is 12.5 Å². The van der Waals surface area contributed by atoms with Gasteiger partial charge in [0.25, 0.3) is 0 Å². The third-order valence-corrected chi connectivity index (χ3v) is 10.2. The molecular weight excluding hydrogens is 935 g/mol. The summed E-state index contributed by atoms with van der Waals surface area (Å²) in [5.41, 5.74) is -9.35. The van der Waals surface area contributed by atoms with Crippen molar-refractivity contribution in [3.63, 3.8) is 0 Å². The Bertz CT molecular complexity index is 2660. The molecule has 0 saturated carbocycles. The highest BCUT2D eigenvalue weighted by Gasteiger charge is 2.52. The highest BCUT2D eigenvalue weighted by atomic mass is 19.2. The van der Waals surface area contributed by atoms with E-state index in [1.807, 2.05) is 18.5 Å². The van der Waals surface area contributed by atoms with Crippen LogP contribution in [-0.2, 0) is 13.0 Å². The first-order valence-electron chi connectivity index (χ1n) is 18.2. The summed E-state index contributed by atoms with van der Waals surface area (Å²) in [5, 5.41) is 0. The van der Waals surface area contributed by atoms with E-state index in [0.29, 0.717) is 0 Å². The van der Waals surface area contributed by atoms with E-state index in [9.17, 15) is 52.7 Å². The van der Waals surface area contributed by atoms with Crippen LogP contribution in [0, 0.1) is 123 Å². The Morgan fingerprint density at radius 2 is 0.682 bits per heavy atom. The van der Waals surface area contributed by atoms with Crippen molar-refractivity contribution in [3.05, 3.63) is 212 Å². The van der Waals surface area contributed by atoms with E-state index in [4.69, 9.17) is 0 Å². The molecule has 7 rings (SSSR count). The molecule has 0 bridgehead atoms. The average Bonchev–Trinajstić information content (AvgIpc) is 3.30. The smallest absolute Gasteiger partial charge is 0.200 e. The largest absolute Gasteiger partial charge is 0.248 e. The van der Waals surface area contributed by atoms with Gasteiger partial charge in [-0.15, -0.1) is 21.9 Å². The summed E-state index contributed by atoms with van der Waals surface area (Å²) in [4.78, 5) is 4.48. The van der Waals surface area contributed by atoms with Gasteiger partial charge < -0.3 is 0 Å². The Morgan fingerprint density at radius 3 is 1.00 bits per heavy atom. The van der Waals surface area contributed by atoms with Crippen LogP contribution in [0.4, 0.5) is 87.8 Å². The lowest BCUT2D eigenvalue weighted by molar-refractivity contribution is -0.689. The molecule has 0 amide bonds. The number of hydrogen-bond donors (Lipinski definition) is 0. The average molecular weight is 954 g/mol. The maximum Gasteiger partial charge on any atom is 0.200 e. The van der Waals surface area contributed by atoms with Crippen LogP contribution in [-0.4, -0.2) is 11.1 Å². The van der Waals surface area contributed by atoms with Gasteiger partial charge >= 0.3 is 0 Å². The van der Waals surface area contributed by atoms with Crippen LogP contribution in [0.15, 0.2) is 73.2 Å². The van der Waals surface area contributed by atoms with Gasteiger partial charge in [0, 0.05) is 12.0 Å². The molecule has 0 saturated heterocycles. The van der Waals surface area contributed by atoms with E-state index in [2.05, 4.69) is 71.2 Å². The summed E-state index contributed by atoms with van der Waals surface area (Å²) in [6, 6.07) is 19.1. The highest BCUT2D eigenvalue weighted by Crippen LogP contribution is 2.31. The highest BCUT2D eigenvalue weighted by molar-refractivity contribution is 7.20. The molecule has 0 aliphatic carbocycles. The topological polar surface area (TPSA) is 16.8 Å². The summed E-state index contributed by atoms with van der Waals surface area (Å²) in [6.45, 7) is 2.99. The fraction of sp³-hybridized carbons (Fsp3) is 0.0698. The second-order valence-corrected chi connectivity index (χ2v) is 14.2. The first-order chi connectivity index (χ1) is 31.0. The number of nitrogens with zero attached hydrogens (tertiary/aromatic N) is 2. The lowest BCUT2D eigenvalue weighted by atomic mass is 9.12. The molecule has 2 nitrogen and oxygen atoms in total. The molecule has 344 valence electrons. The molecule has 0 radical (unpaired) electrons. The Hall–Kier alpha value is -6.94. The van der Waals surface area contributed by atoms with Crippen LogP contribution in [0.2, 0.25) is 0 Å². The SMILES string of the molecule is Cc1ccc(Cc2c[n+](Cc3ccccc3)ccn2)cc1.Fc1c(F)c(F)c([B-](c2c(F)c(F)c(F)c(F)c2F)(c2c(F)c(F)c(F)c(F)c2F)c2c(F)c(F)c(F)c(F)c2F)c(F)c1F. The maximum absolute atomic E-state index is 15.4. The molecule has 66 heavy (non-hydrogen) atoms. The van der Waals surface area contributed by atoms with Gasteiger partial charge in [0.1, 0.15) is 58.4 Å². The van der Waals surface area contributed by atoms with E-state index >= 15 is 35.1 Å². The van der Waals surface area contributed by atoms with Crippen LogP contribution in [0.1, 0.15) is 22.4 Å². The Balaban J connectivity index is 0.000000284. The van der Waals surface area contributed by atoms with Crippen LogP contribution in [0.25, 0.3) is 0 Å². The van der Waals surface area contributed by atoms with Crippen molar-refractivity contribution in [2.45, 2.75) is 19.9 Å². The summed E-state index contributed by atoms with van der Waals surface area (Å²) in [5.74, 6) is -71.4. The van der Waals surface area contributed by atoms with Gasteiger partial charge in [0.05, 0.1) is 6.20 Å². The van der Waals surface area contributed by atoms with E-state index in [0.717, 1.165) is 18.7 Å². The molecule has 1 aromatic heterocycles. The van der Waals surface area contributed by atoms with E-state index in [1.54, 1.807) is 0 Å². The number of aromatic nitrogens is 2. The Labute approximate surface area is 356 Å². The van der Waals surface area contributed by atoms with Gasteiger partial charge in [0.15, 0.2) is 88.7 Å². The zero-order valence-corrected chi connectivity index (χ0v) is 32.4. The minimum Gasteiger partial charge on any atom is -0.248 e. The summed E-state index contributed by atoms with van der Waals surface area (Å²) < 4.78 is 296. The normalized spacial score (nSPS) is 11.5. The van der Waals surface area contributed by atoms with Crippen molar-refractivity contribution >= 4 is 28.0 Å². The van der Waals surface area contributed by atoms with Crippen LogP contribution < -0.4 is 26.4 Å². The second-order valence-electron chi connectivity index (χ2n) is 14.2. The van der Waals surface area contributed by atoms with E-state index < -0.39 is 144 Å². The molecule has 0 spiro atoms. The van der Waals surface area contributed by atoms with Crippen LogP contribution in [0.5, 0.6) is 0 Å². The van der Waals surface area contributed by atoms with Gasteiger partial charge in [-0.2, -0.15) is 4.57 Å². The van der Waals surface area contributed by atoms with Crippen molar-refractivity contribution < 1.29 is 92.4 Å². The van der Waals surface area contributed by atoms with Crippen molar-refractivity contribution in [2.75, 3.05) is 0 Å². The van der Waals surface area contributed by atoms with Crippen molar-refractivity contribution in [1.29, 1.82) is 0 Å². The fourth-order valence-electron chi connectivity index (χ4n) is 7.26. The molecule has 1 heterocycles. The zero-order chi connectivity index (χ0) is 48.8. The van der Waals surface area contributed by atoms with Gasteiger partial charge in [-0.1, -0.05) is 60.2 Å². The Kier molecular flexibility index (Phi) is 13.6. The molecule has 0 fully saturated rings. The molecule has 0 aliphatic heterocycles. The molecule has 0 N–H and O–H groups in total. The van der Waals surface area contributed by atoms with Crippen molar-refractivity contribution in [1.82, 2.24) is 4.98 Å². The molecule has 0 unspecified atom stereocenters. The number of aryl methyl sites for hydroxylation is 1. The third kappa shape index (κ3) is 8.07. The number of rotatable bonds is 8. The van der Waals surface area contributed by atoms with Gasteiger partial charge in [-0.25, -0.2) is 92.8 Å². The lowest BCUT2D eigenvalue weighted by Gasteiger charge is -2.44. The van der Waals surface area contributed by atoms with Crippen LogP contribution >= 0.6 is 0 Å². The molecule has 7 aromatic rings. The first kappa shape index (κ1) is 48.5. The summed E-state index contributed by atoms with van der Waals surface area (Å²) in [6.07, 6.45) is -0.313. The molecule has 23 heteroatoms. The zero-order valence-electron chi connectivity index (χ0n) is 32.4. The minimum atomic E-state index is -7.22. The van der Waals surface area contributed by atoms with E-state index in [-0.39, 0.29) is 0 Å². The predicted molar refractivity (Wildman–Crippen MR) is 193 cm³/mol. The number of hydrogen-bond acceptors (Lipinski definition) is 1. The lowest BCUT2D eigenvalue weighted by Crippen LogP contribution is -2.81. The van der Waals surface area contributed by atoms with E-state index in [1.165, 1.54) is 16.7 Å². The summed E-state index contributed by atoms with van der Waals surface area (Å²) >= 11 is 0. The quantitative estimate of drug-likeness (QED) is 0.0489. The van der Waals surface area contributed by atoms with Crippen LogP contribution in [0.3, 0.4) is 0 Å². The minimum absolute atomic E-state index is 0.871. The number of benzene rings is 6. The molecule has 0 aliphatic rings. The standard InChI is InChI=1S/C24BF20.C19H19N2/c26-5-1(6(27)14(35)21(42)13(5)34)25(2-7(28)15(36)22(43)16(37)8(2)29,3-9(30)17(38)23(44)18(39)10(3)31)4-11(32)19(40)24(45)20(41)12(4)33;1-16-7-9-17(10-8-16)13-19-15-21(12-11-20-19)14-18-5-3-2-4-6-18/h;2-12,15H,13-14H2,1H3/q-1;+1. The van der Waals surface area contributed by atoms with Gasteiger partial charge in [0.2, 0.25) is 0 Å². The molecule has 6 aromatic carbocycles. The maximum atomic E-state index is 15.4. The fourth-order valence-corrected chi connectivity index (χ4v) is 7.26. The second kappa shape index (κ2) is 18.5. The summed E-state index contributed by atoms with van der Waals surface area (Å²) in [7, 11) is 0. The van der Waals surface area contributed by atoms with Gasteiger partial charge in [-0.3, -0.25) is 0 Å². The monoisotopic (exact) mass is 954 g/mol. The van der Waals surface area contributed by atoms with Crippen molar-refractivity contribution in [2.24, 2.45) is 0 Å². The third-order valence-electron chi connectivity index (χ3n) is 10.2. The Morgan fingerprint density at radius 1 is 0.379 bits per heavy atom. The number of halogens is 20. The molecular formula is C43H19BF20N2. The predicted octanol–water partition coefficient (Wildman–Crippen LogP) is 9.16. The molecule has 0 atom stereocenters. The first-order valence-corrected chi connectivity index (χ1v) is 18.2.